The van der Waals surface area contributed by atoms with Gasteiger partial charge in [-0.2, -0.15) is 5.26 Å². The molecule has 1 aromatic rings. The van der Waals surface area contributed by atoms with Crippen molar-refractivity contribution in [2.75, 3.05) is 0 Å². The maximum absolute atomic E-state index is 8.91. The highest BCUT2D eigenvalue weighted by atomic mass is 32.1. The van der Waals surface area contributed by atoms with E-state index in [-0.39, 0.29) is 5.41 Å². The molecule has 1 rings (SSSR count). The molecular weight excluding hydrogens is 180 g/mol. The molecule has 0 saturated heterocycles. The van der Waals surface area contributed by atoms with Gasteiger partial charge in [0, 0.05) is 5.41 Å². The van der Waals surface area contributed by atoms with Crippen LogP contribution < -0.4 is 0 Å². The van der Waals surface area contributed by atoms with E-state index in [0.717, 1.165) is 22.0 Å². The minimum absolute atomic E-state index is 0.0189. The monoisotopic (exact) mass is 194 g/mol. The average molecular weight is 194 g/mol. The SMILES string of the molecule is CCc1nc(C(C)(C)C)c(C#N)s1. The minimum atomic E-state index is -0.0189. The van der Waals surface area contributed by atoms with Crippen LogP contribution in [-0.2, 0) is 11.8 Å². The molecule has 0 radical (unpaired) electrons. The molecular formula is C10H14N2S. The third-order valence-electron chi connectivity index (χ3n) is 1.79. The van der Waals surface area contributed by atoms with Gasteiger partial charge < -0.3 is 0 Å². The molecule has 13 heavy (non-hydrogen) atoms. The Kier molecular flexibility index (Phi) is 2.72. The van der Waals surface area contributed by atoms with Crippen molar-refractivity contribution < 1.29 is 0 Å². The van der Waals surface area contributed by atoms with Crippen molar-refractivity contribution in [1.29, 1.82) is 5.26 Å². The summed E-state index contributed by atoms with van der Waals surface area (Å²) in [6, 6.07) is 2.21. The molecule has 1 aromatic heterocycles. The van der Waals surface area contributed by atoms with E-state index in [1.807, 2.05) is 0 Å². The molecule has 0 aliphatic carbocycles. The van der Waals surface area contributed by atoms with Gasteiger partial charge in [-0.3, -0.25) is 0 Å². The predicted molar refractivity (Wildman–Crippen MR) is 54.9 cm³/mol. The van der Waals surface area contributed by atoms with Crippen LogP contribution in [-0.4, -0.2) is 4.98 Å². The second-order valence-corrected chi connectivity index (χ2v) is 5.08. The molecule has 0 N–H and O–H groups in total. The first-order chi connectivity index (χ1) is 5.99. The lowest BCUT2D eigenvalue weighted by molar-refractivity contribution is 0.569. The van der Waals surface area contributed by atoms with Crippen LogP contribution >= 0.6 is 11.3 Å². The van der Waals surface area contributed by atoms with Gasteiger partial charge in [0.1, 0.15) is 10.9 Å². The highest BCUT2D eigenvalue weighted by molar-refractivity contribution is 7.12. The van der Waals surface area contributed by atoms with Crippen molar-refractivity contribution in [3.8, 4) is 6.07 Å². The summed E-state index contributed by atoms with van der Waals surface area (Å²) in [4.78, 5) is 5.23. The number of hydrogen-bond acceptors (Lipinski definition) is 3. The summed E-state index contributed by atoms with van der Waals surface area (Å²) in [6.45, 7) is 8.32. The Balaban J connectivity index is 3.21. The molecule has 0 saturated carbocycles. The lowest BCUT2D eigenvalue weighted by Crippen LogP contribution is -2.13. The van der Waals surface area contributed by atoms with Gasteiger partial charge in [0.05, 0.1) is 10.7 Å². The largest absolute Gasteiger partial charge is 0.244 e. The van der Waals surface area contributed by atoms with Crippen LogP contribution in [0.1, 0.15) is 43.3 Å². The quantitative estimate of drug-likeness (QED) is 0.689. The first kappa shape index (κ1) is 10.2. The Hall–Kier alpha value is -0.880. The van der Waals surface area contributed by atoms with Gasteiger partial charge in [0.15, 0.2) is 0 Å². The van der Waals surface area contributed by atoms with Gasteiger partial charge in [-0.1, -0.05) is 27.7 Å². The highest BCUT2D eigenvalue weighted by Gasteiger charge is 2.22. The van der Waals surface area contributed by atoms with Crippen molar-refractivity contribution in [1.82, 2.24) is 4.98 Å². The molecule has 0 spiro atoms. The smallest absolute Gasteiger partial charge is 0.128 e. The number of hydrogen-bond donors (Lipinski definition) is 0. The van der Waals surface area contributed by atoms with Crippen LogP contribution in [0.4, 0.5) is 0 Å². The number of nitrogens with zero attached hydrogens (tertiary/aromatic N) is 2. The first-order valence-electron chi connectivity index (χ1n) is 4.39. The third kappa shape index (κ3) is 2.07. The first-order valence-corrected chi connectivity index (χ1v) is 5.21. The molecule has 0 aliphatic rings. The number of nitriles is 1. The van der Waals surface area contributed by atoms with Gasteiger partial charge in [-0.05, 0) is 6.42 Å². The van der Waals surface area contributed by atoms with E-state index in [0.29, 0.717) is 0 Å². The van der Waals surface area contributed by atoms with Crippen molar-refractivity contribution in [3.05, 3.63) is 15.6 Å². The molecule has 1 heterocycles. The normalized spacial score (nSPS) is 11.3. The molecule has 2 nitrogen and oxygen atoms in total. The zero-order valence-electron chi connectivity index (χ0n) is 8.51. The Bertz CT molecular complexity index is 339. The van der Waals surface area contributed by atoms with Crippen LogP contribution in [0.3, 0.4) is 0 Å². The van der Waals surface area contributed by atoms with Gasteiger partial charge in [-0.25, -0.2) is 4.98 Å². The van der Waals surface area contributed by atoms with E-state index in [1.54, 1.807) is 0 Å². The summed E-state index contributed by atoms with van der Waals surface area (Å²) >= 11 is 1.51. The maximum Gasteiger partial charge on any atom is 0.128 e. The van der Waals surface area contributed by atoms with Gasteiger partial charge in [0.25, 0.3) is 0 Å². The van der Waals surface area contributed by atoms with Crippen molar-refractivity contribution in [3.63, 3.8) is 0 Å². The standard InChI is InChI=1S/C10H14N2S/c1-5-8-12-9(10(2,3)4)7(6-11)13-8/h5H2,1-4H3. The fourth-order valence-electron chi connectivity index (χ4n) is 1.10. The molecule has 0 aliphatic heterocycles. The number of rotatable bonds is 1. The zero-order chi connectivity index (χ0) is 10.1. The summed E-state index contributed by atoms with van der Waals surface area (Å²) < 4.78 is 0. The summed E-state index contributed by atoms with van der Waals surface area (Å²) in [6.07, 6.45) is 0.912. The lowest BCUT2D eigenvalue weighted by atomic mass is 9.91. The van der Waals surface area contributed by atoms with Crippen LogP contribution in [0.25, 0.3) is 0 Å². The second kappa shape index (κ2) is 3.47. The highest BCUT2D eigenvalue weighted by Crippen LogP contribution is 2.28. The average Bonchev–Trinajstić information content (AvgIpc) is 2.46. The van der Waals surface area contributed by atoms with Gasteiger partial charge >= 0.3 is 0 Å². The Morgan fingerprint density at radius 1 is 1.46 bits per heavy atom. The van der Waals surface area contributed by atoms with E-state index >= 15 is 0 Å². The van der Waals surface area contributed by atoms with Crippen molar-refractivity contribution >= 4 is 11.3 Å². The van der Waals surface area contributed by atoms with E-state index in [9.17, 15) is 0 Å². The van der Waals surface area contributed by atoms with E-state index in [2.05, 4.69) is 38.7 Å². The van der Waals surface area contributed by atoms with Gasteiger partial charge in [0.2, 0.25) is 0 Å². The van der Waals surface area contributed by atoms with Crippen LogP contribution in [0.2, 0.25) is 0 Å². The fourth-order valence-corrected chi connectivity index (χ4v) is 2.11. The van der Waals surface area contributed by atoms with E-state index in [4.69, 9.17) is 5.26 Å². The summed E-state index contributed by atoms with van der Waals surface area (Å²) in [5, 5.41) is 9.97. The third-order valence-corrected chi connectivity index (χ3v) is 2.89. The lowest BCUT2D eigenvalue weighted by Gasteiger charge is -2.15. The summed E-state index contributed by atoms with van der Waals surface area (Å²) in [7, 11) is 0. The molecule has 70 valence electrons. The number of aryl methyl sites for hydroxylation is 1. The number of thiazole rings is 1. The molecule has 0 atom stereocenters. The summed E-state index contributed by atoms with van der Waals surface area (Å²) in [5.74, 6) is 0. The second-order valence-electron chi connectivity index (χ2n) is 4.00. The van der Waals surface area contributed by atoms with Crippen molar-refractivity contribution in [2.24, 2.45) is 0 Å². The summed E-state index contributed by atoms with van der Waals surface area (Å²) in [5.41, 5.74) is 0.923. The Labute approximate surface area is 83.2 Å². The Morgan fingerprint density at radius 2 is 2.08 bits per heavy atom. The predicted octanol–water partition coefficient (Wildman–Crippen LogP) is 2.87. The fraction of sp³-hybridized carbons (Fsp3) is 0.600. The van der Waals surface area contributed by atoms with Gasteiger partial charge in [-0.15, -0.1) is 11.3 Å². The molecule has 0 aromatic carbocycles. The molecule has 0 bridgehead atoms. The topological polar surface area (TPSA) is 36.7 Å². The molecule has 0 amide bonds. The minimum Gasteiger partial charge on any atom is -0.244 e. The Morgan fingerprint density at radius 3 is 2.38 bits per heavy atom. The van der Waals surface area contributed by atoms with Crippen LogP contribution in [0, 0.1) is 11.3 Å². The maximum atomic E-state index is 8.91. The van der Waals surface area contributed by atoms with Crippen LogP contribution in [0.15, 0.2) is 0 Å². The van der Waals surface area contributed by atoms with E-state index < -0.39 is 0 Å². The molecule has 0 unspecified atom stereocenters. The number of aromatic nitrogens is 1. The zero-order valence-corrected chi connectivity index (χ0v) is 9.33. The molecule has 3 heteroatoms. The van der Waals surface area contributed by atoms with E-state index in [1.165, 1.54) is 11.3 Å². The van der Waals surface area contributed by atoms with Crippen molar-refractivity contribution in [2.45, 2.75) is 39.5 Å². The van der Waals surface area contributed by atoms with Crippen LogP contribution in [0.5, 0.6) is 0 Å². The molecule has 0 fully saturated rings.